The fourth-order valence-electron chi connectivity index (χ4n) is 3.04. The van der Waals surface area contributed by atoms with E-state index in [9.17, 15) is 9.18 Å². The smallest absolute Gasteiger partial charge is 0.308 e. The van der Waals surface area contributed by atoms with Gasteiger partial charge in [-0.05, 0) is 56.9 Å². The molecule has 6 nitrogen and oxygen atoms in total. The molecule has 0 saturated carbocycles. The summed E-state index contributed by atoms with van der Waals surface area (Å²) in [6, 6.07) is 6.06. The second-order valence-corrected chi connectivity index (χ2v) is 6.53. The number of hydrogen-bond donors (Lipinski definition) is 1. The van der Waals surface area contributed by atoms with Gasteiger partial charge in [-0.15, -0.1) is 24.0 Å². The Morgan fingerprint density at radius 2 is 1.93 bits per heavy atom. The van der Waals surface area contributed by atoms with Crippen LogP contribution in [0.5, 0.6) is 5.75 Å². The maximum Gasteiger partial charge on any atom is 0.308 e. The summed E-state index contributed by atoms with van der Waals surface area (Å²) in [5.41, 5.74) is 0. The summed E-state index contributed by atoms with van der Waals surface area (Å²) in [4.78, 5) is 18.5. The molecule has 1 N–H and O–H groups in total. The molecule has 1 aromatic carbocycles. The number of nitrogens with one attached hydrogen (secondary N) is 1. The molecule has 1 fully saturated rings. The Bertz CT molecular complexity index is 605. The molecule has 2 rings (SSSR count). The van der Waals surface area contributed by atoms with Gasteiger partial charge in [0.15, 0.2) is 5.96 Å². The Labute approximate surface area is 183 Å². The molecule has 1 aliphatic heterocycles. The molecule has 8 heteroatoms. The van der Waals surface area contributed by atoms with Crippen LogP contribution in [0.2, 0.25) is 0 Å². The second-order valence-electron chi connectivity index (χ2n) is 6.53. The van der Waals surface area contributed by atoms with Gasteiger partial charge in [0.25, 0.3) is 0 Å². The average Bonchev–Trinajstić information content (AvgIpc) is 2.70. The number of ether oxygens (including phenoxy) is 2. The number of aliphatic imine (C=N–C) groups is 1. The first-order valence-electron chi connectivity index (χ1n) is 9.63. The number of likely N-dealkylation sites (tertiary alicyclic amines) is 1. The SMILES string of the molecule is CCNC(=NCCCCOc1ccc(F)cc1)N1CCC(C(=O)OC)CC1.I. The number of hydrogen-bond acceptors (Lipinski definition) is 4. The van der Waals surface area contributed by atoms with Gasteiger partial charge in [-0.2, -0.15) is 0 Å². The molecule has 0 aliphatic carbocycles. The van der Waals surface area contributed by atoms with Gasteiger partial charge in [-0.1, -0.05) is 0 Å². The van der Waals surface area contributed by atoms with Crippen LogP contribution in [0.25, 0.3) is 0 Å². The lowest BCUT2D eigenvalue weighted by Crippen LogP contribution is -2.46. The number of carbonyl (C=O) groups excluding carboxylic acids is 1. The number of benzene rings is 1. The molecular weight excluding hydrogens is 476 g/mol. The van der Waals surface area contributed by atoms with Crippen LogP contribution in [-0.4, -0.2) is 56.7 Å². The molecule has 0 atom stereocenters. The van der Waals surface area contributed by atoms with E-state index in [1.807, 2.05) is 6.92 Å². The number of nitrogens with zero attached hydrogens (tertiary/aromatic N) is 2. The molecule has 0 spiro atoms. The largest absolute Gasteiger partial charge is 0.494 e. The number of unbranched alkanes of at least 4 members (excludes halogenated alkanes) is 1. The zero-order valence-corrected chi connectivity index (χ0v) is 19.0. The first kappa shape index (κ1) is 24.5. The molecule has 1 saturated heterocycles. The summed E-state index contributed by atoms with van der Waals surface area (Å²) in [5, 5.41) is 3.33. The van der Waals surface area contributed by atoms with Crippen LogP contribution in [0.15, 0.2) is 29.3 Å². The van der Waals surface area contributed by atoms with Crippen molar-refractivity contribution < 1.29 is 18.7 Å². The summed E-state index contributed by atoms with van der Waals surface area (Å²) >= 11 is 0. The van der Waals surface area contributed by atoms with Gasteiger partial charge >= 0.3 is 5.97 Å². The van der Waals surface area contributed by atoms with E-state index in [1.54, 1.807) is 12.1 Å². The van der Waals surface area contributed by atoms with Crippen molar-refractivity contribution in [2.75, 3.05) is 39.9 Å². The molecule has 0 bridgehead atoms. The number of rotatable bonds is 8. The molecule has 0 unspecified atom stereocenters. The normalized spacial score (nSPS) is 15.0. The topological polar surface area (TPSA) is 63.2 Å². The fourth-order valence-corrected chi connectivity index (χ4v) is 3.04. The number of methoxy groups -OCH3 is 1. The number of esters is 1. The zero-order valence-electron chi connectivity index (χ0n) is 16.7. The molecule has 1 aliphatic rings. The molecule has 1 aromatic rings. The van der Waals surface area contributed by atoms with Crippen LogP contribution < -0.4 is 10.1 Å². The summed E-state index contributed by atoms with van der Waals surface area (Å²) in [6.07, 6.45) is 3.38. The van der Waals surface area contributed by atoms with Crippen LogP contribution in [0.1, 0.15) is 32.6 Å². The number of halogens is 2. The monoisotopic (exact) mass is 507 g/mol. The lowest BCUT2D eigenvalue weighted by molar-refractivity contribution is -0.146. The molecule has 158 valence electrons. The highest BCUT2D eigenvalue weighted by molar-refractivity contribution is 14.0. The van der Waals surface area contributed by atoms with Gasteiger partial charge in [-0.25, -0.2) is 4.39 Å². The van der Waals surface area contributed by atoms with Gasteiger partial charge in [0.05, 0.1) is 19.6 Å². The van der Waals surface area contributed by atoms with E-state index >= 15 is 0 Å². The Morgan fingerprint density at radius 1 is 1.25 bits per heavy atom. The predicted octanol–water partition coefficient (Wildman–Crippen LogP) is 3.45. The van der Waals surface area contributed by atoms with Crippen molar-refractivity contribution in [1.82, 2.24) is 10.2 Å². The van der Waals surface area contributed by atoms with Crippen molar-refractivity contribution in [1.29, 1.82) is 0 Å². The Morgan fingerprint density at radius 3 is 2.54 bits per heavy atom. The number of carbonyl (C=O) groups is 1. The van der Waals surface area contributed by atoms with E-state index in [-0.39, 0.29) is 41.7 Å². The Kier molecular flexibility index (Phi) is 11.9. The molecular formula is C20H31FIN3O3. The van der Waals surface area contributed by atoms with E-state index in [4.69, 9.17) is 14.5 Å². The van der Waals surface area contributed by atoms with Gasteiger partial charge in [0.1, 0.15) is 11.6 Å². The lowest BCUT2D eigenvalue weighted by Gasteiger charge is -2.33. The van der Waals surface area contributed by atoms with Gasteiger partial charge < -0.3 is 19.7 Å². The average molecular weight is 507 g/mol. The first-order valence-corrected chi connectivity index (χ1v) is 9.63. The quantitative estimate of drug-likeness (QED) is 0.192. The highest BCUT2D eigenvalue weighted by atomic mass is 127. The van der Waals surface area contributed by atoms with E-state index in [2.05, 4.69) is 10.2 Å². The van der Waals surface area contributed by atoms with Crippen molar-refractivity contribution in [3.63, 3.8) is 0 Å². The zero-order chi connectivity index (χ0) is 19.5. The van der Waals surface area contributed by atoms with E-state index < -0.39 is 0 Å². The highest BCUT2D eigenvalue weighted by Gasteiger charge is 2.26. The third-order valence-electron chi connectivity index (χ3n) is 4.56. The van der Waals surface area contributed by atoms with E-state index in [1.165, 1.54) is 19.2 Å². The van der Waals surface area contributed by atoms with Crippen LogP contribution in [0.3, 0.4) is 0 Å². The van der Waals surface area contributed by atoms with Crippen LogP contribution in [-0.2, 0) is 9.53 Å². The van der Waals surface area contributed by atoms with E-state index in [0.29, 0.717) is 18.9 Å². The summed E-state index contributed by atoms with van der Waals surface area (Å²) in [6.45, 7) is 5.77. The maximum atomic E-state index is 12.8. The minimum Gasteiger partial charge on any atom is -0.494 e. The predicted molar refractivity (Wildman–Crippen MR) is 119 cm³/mol. The van der Waals surface area contributed by atoms with Crippen molar-refractivity contribution in [2.24, 2.45) is 10.9 Å². The second kappa shape index (κ2) is 13.6. The molecule has 1 heterocycles. The summed E-state index contributed by atoms with van der Waals surface area (Å²) in [5.74, 6) is 1.21. The third kappa shape index (κ3) is 8.20. The highest BCUT2D eigenvalue weighted by Crippen LogP contribution is 2.18. The Balaban J connectivity index is 0.00000392. The number of guanidine groups is 1. The van der Waals surface area contributed by atoms with Gasteiger partial charge in [-0.3, -0.25) is 9.79 Å². The molecule has 0 radical (unpaired) electrons. The van der Waals surface area contributed by atoms with Crippen LogP contribution in [0, 0.1) is 11.7 Å². The fraction of sp³-hybridized carbons (Fsp3) is 0.600. The summed E-state index contributed by atoms with van der Waals surface area (Å²) in [7, 11) is 1.44. The summed E-state index contributed by atoms with van der Waals surface area (Å²) < 4.78 is 23.3. The molecule has 0 amide bonds. The lowest BCUT2D eigenvalue weighted by atomic mass is 9.97. The maximum absolute atomic E-state index is 12.8. The van der Waals surface area contributed by atoms with Crippen molar-refractivity contribution in [3.05, 3.63) is 30.1 Å². The van der Waals surface area contributed by atoms with Gasteiger partial charge in [0.2, 0.25) is 0 Å². The van der Waals surface area contributed by atoms with E-state index in [0.717, 1.165) is 51.3 Å². The standard InChI is InChI=1S/C20H30FN3O3.HI/c1-3-22-20(24-13-10-16(11-14-24)19(25)26-2)23-12-4-5-15-27-18-8-6-17(21)7-9-18;/h6-9,16H,3-5,10-15H2,1-2H3,(H,22,23);1H. The van der Waals surface area contributed by atoms with Crippen LogP contribution in [0.4, 0.5) is 4.39 Å². The van der Waals surface area contributed by atoms with Crippen LogP contribution >= 0.6 is 24.0 Å². The Hall–Kier alpha value is -1.58. The van der Waals surface area contributed by atoms with Crippen molar-refractivity contribution >= 4 is 35.9 Å². The number of piperidine rings is 1. The minimum absolute atomic E-state index is 0. The third-order valence-corrected chi connectivity index (χ3v) is 4.56. The minimum atomic E-state index is -0.261. The molecule has 28 heavy (non-hydrogen) atoms. The van der Waals surface area contributed by atoms with Gasteiger partial charge in [0, 0.05) is 26.2 Å². The first-order chi connectivity index (χ1) is 13.1. The molecule has 0 aromatic heterocycles. The van der Waals surface area contributed by atoms with Crippen molar-refractivity contribution in [2.45, 2.75) is 32.6 Å². The van der Waals surface area contributed by atoms with Crippen molar-refractivity contribution in [3.8, 4) is 5.75 Å².